The minimum atomic E-state index is -2.22. The molecule has 3 aliphatic rings. The fraction of sp³-hybridized carbons (Fsp3) is 0.351. The SMILES string of the molecule is CC(C1CC1)C(O)(Cn1cncn1)c1ccc(Cl)cc1.CC1COC(Cn2cncn2)(c2ccc(Oc3ccc(Cl)cc3)cc2Cl)O1.CCCC1COC(Cn2cnnc2)(c2ccc(Cl)cc2Cl)O1.CCCCC(C#N)(Cn1cncn1)c1ccc(Cl)cc1.CCCCC(O)(Cn1cncn1)c1ccc(Cl)cc1Cl.C[Si](Cn1cncn1)(c1ccc(F)cc1)c1ccc(F)cc1. The number of hydrogen-bond donors (Lipinski definition) is 2. The molecule has 0 radical (unpaired) electrons. The van der Waals surface area contributed by atoms with Crippen LogP contribution in [0.25, 0.3) is 0 Å². The van der Waals surface area contributed by atoms with E-state index in [1.54, 1.807) is 128 Å². The number of ether oxygens (including phenoxy) is 5. The first kappa shape index (κ1) is 100. The summed E-state index contributed by atoms with van der Waals surface area (Å²) in [6, 6.07) is 53.6. The summed E-state index contributed by atoms with van der Waals surface area (Å²) in [6.45, 7) is 15.6. The molecule has 37 heteroatoms. The molecule has 2 saturated heterocycles. The largest absolute Gasteiger partial charge is 0.457 e. The molecule has 3 fully saturated rings. The van der Waals surface area contributed by atoms with Gasteiger partial charge >= 0.3 is 0 Å². The van der Waals surface area contributed by atoms with Crippen molar-refractivity contribution in [2.75, 3.05) is 13.2 Å². The molecule has 131 heavy (non-hydrogen) atoms. The Balaban J connectivity index is 0.000000143. The molecular weight excluding hydrogens is 1860 g/mol. The van der Waals surface area contributed by atoms with Gasteiger partial charge in [-0.2, -0.15) is 30.8 Å². The van der Waals surface area contributed by atoms with E-state index in [9.17, 15) is 24.3 Å². The lowest BCUT2D eigenvalue weighted by molar-refractivity contribution is -0.187. The van der Waals surface area contributed by atoms with Crippen molar-refractivity contribution in [2.24, 2.45) is 11.8 Å². The lowest BCUT2D eigenvalue weighted by Crippen LogP contribution is -2.59. The van der Waals surface area contributed by atoms with Gasteiger partial charge in [-0.05, 0) is 177 Å². The Kier molecular flexibility index (Phi) is 36.0. The summed E-state index contributed by atoms with van der Waals surface area (Å²) in [6.07, 6.45) is 29.1. The predicted octanol–water partition coefficient (Wildman–Crippen LogP) is 20.4. The van der Waals surface area contributed by atoms with E-state index < -0.39 is 36.3 Å². The van der Waals surface area contributed by atoms with Gasteiger partial charge in [-0.1, -0.05) is 230 Å². The molecule has 2 aliphatic heterocycles. The van der Waals surface area contributed by atoms with E-state index >= 15 is 0 Å². The zero-order valence-corrected chi connectivity index (χ0v) is 80.0. The maximum absolute atomic E-state index is 13.2. The summed E-state index contributed by atoms with van der Waals surface area (Å²) in [7, 11) is -2.22. The summed E-state index contributed by atoms with van der Waals surface area (Å²) in [4.78, 5) is 19.8. The number of aromatic nitrogens is 18. The third-order valence-corrected chi connectivity index (χ3v) is 29.1. The molecule has 0 bridgehead atoms. The summed E-state index contributed by atoms with van der Waals surface area (Å²) >= 11 is 48.9. The first-order chi connectivity index (χ1) is 63.1. The van der Waals surface area contributed by atoms with E-state index in [1.807, 2.05) is 102 Å². The Labute approximate surface area is 800 Å². The summed E-state index contributed by atoms with van der Waals surface area (Å²) in [5, 5.41) is 67.2. The van der Waals surface area contributed by atoms with E-state index in [2.05, 4.69) is 101 Å². The minimum Gasteiger partial charge on any atom is -0.457 e. The molecule has 1 saturated carbocycles. The van der Waals surface area contributed by atoms with Crippen LogP contribution in [0.3, 0.4) is 0 Å². The van der Waals surface area contributed by atoms with Crippen LogP contribution in [-0.2, 0) is 86.0 Å². The third kappa shape index (κ3) is 27.2. The van der Waals surface area contributed by atoms with Gasteiger partial charge in [0, 0.05) is 53.0 Å². The molecule has 1 aliphatic carbocycles. The molecule has 8 heterocycles. The number of nitriles is 1. The van der Waals surface area contributed by atoms with Gasteiger partial charge < -0.3 is 38.5 Å². The number of halogens is 10. The highest BCUT2D eigenvalue weighted by atomic mass is 35.5. The predicted molar refractivity (Wildman–Crippen MR) is 504 cm³/mol. The minimum absolute atomic E-state index is 0.0493. The van der Waals surface area contributed by atoms with Crippen LogP contribution < -0.4 is 15.1 Å². The van der Waals surface area contributed by atoms with E-state index in [4.69, 9.17) is 116 Å². The molecule has 2 N–H and O–H groups in total. The highest BCUT2D eigenvalue weighted by molar-refractivity contribution is 7.00. The number of unbranched alkanes of at least 4 members (excludes halogenated alkanes) is 2. The lowest BCUT2D eigenvalue weighted by atomic mass is 9.77. The van der Waals surface area contributed by atoms with E-state index in [0.717, 1.165) is 72.0 Å². The van der Waals surface area contributed by atoms with Crippen molar-refractivity contribution < 1.29 is 42.7 Å². The number of benzene rings is 8. The smallest absolute Gasteiger partial charge is 0.217 e. The molecule has 17 rings (SSSR count). The van der Waals surface area contributed by atoms with Crippen molar-refractivity contribution in [3.63, 3.8) is 0 Å². The maximum atomic E-state index is 13.2. The fourth-order valence-corrected chi connectivity index (χ4v) is 20.7. The van der Waals surface area contributed by atoms with Crippen molar-refractivity contribution >= 4 is 111 Å². The van der Waals surface area contributed by atoms with Crippen molar-refractivity contribution in [1.29, 1.82) is 5.26 Å². The number of nitrogens with zero attached hydrogens (tertiary/aromatic N) is 19. The molecule has 6 aromatic heterocycles. The Bertz CT molecular complexity index is 5790. The van der Waals surface area contributed by atoms with Crippen LogP contribution in [-0.4, -0.2) is 132 Å². The van der Waals surface area contributed by atoms with Crippen molar-refractivity contribution in [1.82, 2.24) is 88.6 Å². The fourth-order valence-electron chi connectivity index (χ4n) is 15.6. The molecule has 8 aromatic carbocycles. The quantitative estimate of drug-likeness (QED) is 0.0382. The monoisotopic (exact) mass is 1950 g/mol. The molecule has 14 aromatic rings. The van der Waals surface area contributed by atoms with Crippen LogP contribution in [0, 0.1) is 34.8 Å². The van der Waals surface area contributed by atoms with Gasteiger partial charge in [-0.15, -0.1) is 10.2 Å². The molecule has 8 atom stereocenters. The van der Waals surface area contributed by atoms with Gasteiger partial charge in [-0.25, -0.2) is 47.7 Å². The van der Waals surface area contributed by atoms with Crippen LogP contribution in [0.15, 0.2) is 252 Å². The van der Waals surface area contributed by atoms with Gasteiger partial charge in [0.2, 0.25) is 11.6 Å². The maximum Gasteiger partial charge on any atom is 0.217 e. The summed E-state index contributed by atoms with van der Waals surface area (Å²) in [5.74, 6) is -0.463. The van der Waals surface area contributed by atoms with Crippen LogP contribution in [0.5, 0.6) is 11.5 Å². The van der Waals surface area contributed by atoms with Gasteiger partial charge in [-0.3, -0.25) is 9.36 Å². The average molecular weight is 1960 g/mol. The zero-order valence-electron chi connectivity index (χ0n) is 72.9. The molecule has 8 unspecified atom stereocenters. The van der Waals surface area contributed by atoms with E-state index in [0.29, 0.717) is 127 Å². The van der Waals surface area contributed by atoms with E-state index in [-0.39, 0.29) is 29.8 Å². The normalized spacial score (nSPS) is 17.9. The average Bonchev–Trinajstić information content (AvgIpc) is 1.56. The van der Waals surface area contributed by atoms with Crippen LogP contribution in [0.4, 0.5) is 8.78 Å². The zero-order chi connectivity index (χ0) is 93.2. The van der Waals surface area contributed by atoms with Crippen LogP contribution >= 0.6 is 92.8 Å². The Morgan fingerprint density at radius 2 is 0.962 bits per heavy atom. The Hall–Kier alpha value is -9.95. The highest BCUT2D eigenvalue weighted by Gasteiger charge is 2.48. The molecule has 0 spiro atoms. The second-order valence-electron chi connectivity index (χ2n) is 32.5. The number of rotatable bonds is 31. The first-order valence-electron chi connectivity index (χ1n) is 42.7. The number of hydrogen-bond acceptors (Lipinski definition) is 20. The summed E-state index contributed by atoms with van der Waals surface area (Å²) in [5.41, 5.74) is 1.41. The van der Waals surface area contributed by atoms with Crippen LogP contribution in [0.1, 0.15) is 127 Å². The second-order valence-corrected chi connectivity index (χ2v) is 40.0. The van der Waals surface area contributed by atoms with Gasteiger partial charge in [0.15, 0.2) is 0 Å². The molecule has 0 amide bonds. The van der Waals surface area contributed by atoms with Crippen LogP contribution in [0.2, 0.25) is 46.7 Å². The van der Waals surface area contributed by atoms with Gasteiger partial charge in [0.1, 0.15) is 130 Å². The number of aliphatic hydroxyl groups is 2. The van der Waals surface area contributed by atoms with Gasteiger partial charge in [0.05, 0.1) is 67.7 Å². The van der Waals surface area contributed by atoms with Crippen molar-refractivity contribution in [2.45, 2.75) is 185 Å². The third-order valence-electron chi connectivity index (χ3n) is 22.8. The molecular formula is C94H101Cl8F2N19O7Si. The Morgan fingerprint density at radius 3 is 1.45 bits per heavy atom. The topological polar surface area (TPSA) is 295 Å². The Morgan fingerprint density at radius 1 is 0.504 bits per heavy atom. The molecule has 688 valence electrons. The standard InChI is InChI=1S/C19H17Cl2N3O3.C16H15F2N3Si.C15H17Cl2N3O2.C15H17ClN4.C15H18ClN3O.C14H17Cl2N3O/c1-13-9-25-19(27-13,10-24-12-22-11-23-24)17-7-6-16(8-18(17)21)26-15-4-2-14(20)3-5-15;1-22(12-21-11-19-10-20-21,15-6-2-13(17)3-7-15)16-8-4-14(18)5-9-16;1-2-3-12-7-21-15(22-12,8-20-9-18-19-10-20)13-5-4-11(16)6-14(13)17;1-2-3-8-15(9-17,10-20-12-18-11-19-20)13-4-6-14(16)7-5-13;1-11(12-2-3-12)15(20,8-19-10-17-9-18-19)13-4-6-14(16)7-5-13;1-2-3-6-14(20,8-19-10-17-9-18-19)12-5-4-11(15)7-13(12)16/h2-8,11-13H,9-10H2,1H3;2-11H,12H2,1H3;4-6,9-10,12H,2-3,7-8H2,1H3;4-7,11-12H,2-3,8,10H2,1H3;4-7,9-12,20H,2-3,8H2,1H3;4-5,7,9-10,20H,2-3,6,8H2,1H3. The van der Waals surface area contributed by atoms with Crippen molar-refractivity contribution in [3.05, 3.63) is 331 Å². The second kappa shape index (κ2) is 47.1. The lowest BCUT2D eigenvalue weighted by Gasteiger charge is -2.35. The van der Waals surface area contributed by atoms with E-state index in [1.165, 1.54) is 68.7 Å². The summed E-state index contributed by atoms with van der Waals surface area (Å²) < 4.78 is 67.0. The van der Waals surface area contributed by atoms with Crippen molar-refractivity contribution in [3.8, 4) is 17.6 Å². The molecule has 26 nitrogen and oxygen atoms in total. The first-order valence-corrected chi connectivity index (χ1v) is 48.4. The highest BCUT2D eigenvalue weighted by Crippen LogP contribution is 2.48. The van der Waals surface area contributed by atoms with Gasteiger partial charge in [0.25, 0.3) is 0 Å².